The second-order valence-electron chi connectivity index (χ2n) is 5.78. The topological polar surface area (TPSA) is 97.0 Å². The molecule has 1 N–H and O–H groups in total. The second kappa shape index (κ2) is 7.85. The average Bonchev–Trinajstić information content (AvgIpc) is 2.84. The Morgan fingerprint density at radius 3 is 2.33 bits per heavy atom. The number of benzene rings is 1. The molecule has 0 saturated carbocycles. The number of rotatable bonds is 4. The van der Waals surface area contributed by atoms with Gasteiger partial charge in [-0.2, -0.15) is 10.5 Å². The van der Waals surface area contributed by atoms with E-state index in [9.17, 15) is 8.42 Å². The van der Waals surface area contributed by atoms with Crippen LogP contribution in [-0.4, -0.2) is 27.8 Å². The van der Waals surface area contributed by atoms with Crippen molar-refractivity contribution >= 4 is 21.2 Å². The standard InChI is InChI=1S/C17H20N4O2S/c1-24(22,23)17-7-6-15(21-8-4-2-3-5-9-21)10-16(17)20-13-14(11-18)12-19/h6-7,10,13,20H,2-5,8-9H2,1H3. The van der Waals surface area contributed by atoms with Crippen molar-refractivity contribution in [2.24, 2.45) is 0 Å². The molecule has 0 aliphatic carbocycles. The van der Waals surface area contributed by atoms with Gasteiger partial charge in [0.25, 0.3) is 0 Å². The Morgan fingerprint density at radius 1 is 1.17 bits per heavy atom. The molecule has 24 heavy (non-hydrogen) atoms. The summed E-state index contributed by atoms with van der Waals surface area (Å²) in [5.41, 5.74) is 1.20. The third kappa shape index (κ3) is 4.50. The van der Waals surface area contributed by atoms with Gasteiger partial charge in [-0.3, -0.25) is 0 Å². The maximum Gasteiger partial charge on any atom is 0.177 e. The van der Waals surface area contributed by atoms with E-state index in [2.05, 4.69) is 10.2 Å². The highest BCUT2D eigenvalue weighted by Gasteiger charge is 2.16. The molecule has 126 valence electrons. The van der Waals surface area contributed by atoms with Crippen LogP contribution < -0.4 is 10.2 Å². The number of anilines is 2. The quantitative estimate of drug-likeness (QED) is 0.844. The molecule has 6 nitrogen and oxygen atoms in total. The fourth-order valence-electron chi connectivity index (χ4n) is 2.72. The van der Waals surface area contributed by atoms with Gasteiger partial charge in [0.05, 0.1) is 10.6 Å². The fraction of sp³-hybridized carbons (Fsp3) is 0.412. The van der Waals surface area contributed by atoms with Gasteiger partial charge < -0.3 is 10.2 Å². The van der Waals surface area contributed by atoms with E-state index >= 15 is 0 Å². The van der Waals surface area contributed by atoms with E-state index in [4.69, 9.17) is 10.5 Å². The maximum absolute atomic E-state index is 12.0. The average molecular weight is 344 g/mol. The minimum atomic E-state index is -3.43. The van der Waals surface area contributed by atoms with Crippen molar-refractivity contribution in [1.29, 1.82) is 10.5 Å². The van der Waals surface area contributed by atoms with Crippen molar-refractivity contribution in [1.82, 2.24) is 0 Å². The van der Waals surface area contributed by atoms with E-state index in [0.717, 1.165) is 37.9 Å². The fourth-order valence-corrected chi connectivity index (χ4v) is 3.55. The molecule has 0 amide bonds. The lowest BCUT2D eigenvalue weighted by Crippen LogP contribution is -2.24. The molecule has 1 aliphatic rings. The Bertz CT molecular complexity index is 792. The van der Waals surface area contributed by atoms with Gasteiger partial charge in [-0.15, -0.1) is 0 Å². The summed E-state index contributed by atoms with van der Waals surface area (Å²) in [4.78, 5) is 2.39. The normalized spacial score (nSPS) is 14.9. The third-order valence-corrected chi connectivity index (χ3v) is 5.10. The molecule has 2 rings (SSSR count). The lowest BCUT2D eigenvalue weighted by atomic mass is 10.2. The molecular formula is C17H20N4O2S. The van der Waals surface area contributed by atoms with Crippen LogP contribution in [0.1, 0.15) is 25.7 Å². The van der Waals surface area contributed by atoms with Crippen LogP contribution in [0, 0.1) is 22.7 Å². The van der Waals surface area contributed by atoms with Crippen molar-refractivity contribution in [2.75, 3.05) is 29.6 Å². The zero-order valence-electron chi connectivity index (χ0n) is 13.6. The third-order valence-electron chi connectivity index (χ3n) is 3.95. The number of nitriles is 2. The summed E-state index contributed by atoms with van der Waals surface area (Å²) in [5, 5.41) is 20.4. The van der Waals surface area contributed by atoms with Crippen LogP contribution in [0.5, 0.6) is 0 Å². The van der Waals surface area contributed by atoms with E-state index in [-0.39, 0.29) is 10.5 Å². The Labute approximate surface area is 142 Å². The van der Waals surface area contributed by atoms with E-state index < -0.39 is 9.84 Å². The first kappa shape index (κ1) is 17.8. The number of sulfone groups is 1. The molecule has 0 aromatic heterocycles. The molecule has 1 aromatic rings. The first-order valence-corrected chi connectivity index (χ1v) is 9.71. The van der Waals surface area contributed by atoms with Crippen LogP contribution >= 0.6 is 0 Å². The molecule has 0 atom stereocenters. The lowest BCUT2D eigenvalue weighted by Gasteiger charge is -2.24. The van der Waals surface area contributed by atoms with Crippen LogP contribution in [0.3, 0.4) is 0 Å². The molecule has 1 saturated heterocycles. The molecule has 0 bridgehead atoms. The van der Waals surface area contributed by atoms with E-state index in [1.165, 1.54) is 19.0 Å². The number of nitrogens with one attached hydrogen (secondary N) is 1. The highest BCUT2D eigenvalue weighted by Crippen LogP contribution is 2.29. The zero-order chi connectivity index (χ0) is 17.6. The van der Waals surface area contributed by atoms with Crippen molar-refractivity contribution < 1.29 is 8.42 Å². The molecular weight excluding hydrogens is 324 g/mol. The second-order valence-corrected chi connectivity index (χ2v) is 7.76. The van der Waals surface area contributed by atoms with Crippen molar-refractivity contribution in [3.05, 3.63) is 30.0 Å². The minimum Gasteiger partial charge on any atom is -0.371 e. The van der Waals surface area contributed by atoms with Crippen LogP contribution in [0.25, 0.3) is 0 Å². The first-order chi connectivity index (χ1) is 11.5. The summed E-state index contributed by atoms with van der Waals surface area (Å²) in [6.07, 6.45) is 7.01. The van der Waals surface area contributed by atoms with Crippen LogP contribution in [-0.2, 0) is 9.84 Å². The van der Waals surface area contributed by atoms with Gasteiger partial charge in [0.15, 0.2) is 9.84 Å². The van der Waals surface area contributed by atoms with Gasteiger partial charge in [-0.1, -0.05) is 12.8 Å². The van der Waals surface area contributed by atoms with Gasteiger partial charge in [-0.25, -0.2) is 8.42 Å². The zero-order valence-corrected chi connectivity index (χ0v) is 14.4. The predicted molar refractivity (Wildman–Crippen MR) is 93.2 cm³/mol. The monoisotopic (exact) mass is 344 g/mol. The molecule has 1 aromatic carbocycles. The minimum absolute atomic E-state index is 0.116. The maximum atomic E-state index is 12.0. The molecule has 1 fully saturated rings. The summed E-state index contributed by atoms with van der Waals surface area (Å²) in [5.74, 6) is 0. The number of nitrogens with zero attached hydrogens (tertiary/aromatic N) is 3. The van der Waals surface area contributed by atoms with Gasteiger partial charge in [-0.05, 0) is 31.0 Å². The molecule has 1 heterocycles. The first-order valence-electron chi connectivity index (χ1n) is 7.81. The SMILES string of the molecule is CS(=O)(=O)c1ccc(N2CCCCCC2)cc1NC=C(C#N)C#N. The summed E-state index contributed by atoms with van der Waals surface area (Å²) >= 11 is 0. The van der Waals surface area contributed by atoms with Crippen molar-refractivity contribution in [2.45, 2.75) is 30.6 Å². The van der Waals surface area contributed by atoms with Crippen molar-refractivity contribution in [3.63, 3.8) is 0 Å². The van der Waals surface area contributed by atoms with Gasteiger partial charge in [0.1, 0.15) is 17.7 Å². The number of hydrogen-bond donors (Lipinski definition) is 1. The van der Waals surface area contributed by atoms with Crippen LogP contribution in [0.4, 0.5) is 11.4 Å². The smallest absolute Gasteiger partial charge is 0.177 e. The lowest BCUT2D eigenvalue weighted by molar-refractivity contribution is 0.602. The molecule has 7 heteroatoms. The van der Waals surface area contributed by atoms with Crippen LogP contribution in [0.15, 0.2) is 34.9 Å². The van der Waals surface area contributed by atoms with Crippen molar-refractivity contribution in [3.8, 4) is 12.1 Å². The Kier molecular flexibility index (Phi) is 5.83. The molecule has 0 unspecified atom stereocenters. The predicted octanol–water partition coefficient (Wildman–Crippen LogP) is 2.81. The summed E-state index contributed by atoms with van der Waals surface area (Å²) < 4.78 is 24.0. The summed E-state index contributed by atoms with van der Waals surface area (Å²) in [6, 6.07) is 8.64. The summed E-state index contributed by atoms with van der Waals surface area (Å²) in [6.45, 7) is 1.88. The Hall–Kier alpha value is -2.51. The largest absolute Gasteiger partial charge is 0.371 e. The van der Waals surface area contributed by atoms with Gasteiger partial charge in [0, 0.05) is 31.2 Å². The Balaban J connectivity index is 2.40. The molecule has 0 spiro atoms. The van der Waals surface area contributed by atoms with E-state index in [1.807, 2.05) is 6.07 Å². The number of allylic oxidation sites excluding steroid dienone is 1. The molecule has 1 aliphatic heterocycles. The molecule has 0 radical (unpaired) electrons. The highest BCUT2D eigenvalue weighted by molar-refractivity contribution is 7.90. The Morgan fingerprint density at radius 2 is 1.79 bits per heavy atom. The van der Waals surface area contributed by atoms with Crippen LogP contribution in [0.2, 0.25) is 0 Å². The summed E-state index contributed by atoms with van der Waals surface area (Å²) in [7, 11) is -3.43. The van der Waals surface area contributed by atoms with E-state index in [0.29, 0.717) is 5.69 Å². The number of hydrogen-bond acceptors (Lipinski definition) is 6. The van der Waals surface area contributed by atoms with Gasteiger partial charge >= 0.3 is 0 Å². The van der Waals surface area contributed by atoms with Gasteiger partial charge in [0.2, 0.25) is 0 Å². The van der Waals surface area contributed by atoms with E-state index in [1.54, 1.807) is 24.3 Å². The highest BCUT2D eigenvalue weighted by atomic mass is 32.2.